The van der Waals surface area contributed by atoms with Crippen molar-refractivity contribution in [2.24, 2.45) is 5.92 Å². The molecule has 0 radical (unpaired) electrons. The molecule has 0 saturated heterocycles. The summed E-state index contributed by atoms with van der Waals surface area (Å²) in [5.74, 6) is 0.624. The zero-order valence-corrected chi connectivity index (χ0v) is 10.9. The molecule has 0 aromatic heterocycles. The van der Waals surface area contributed by atoms with Crippen molar-refractivity contribution < 1.29 is 4.39 Å². The molecule has 1 fully saturated rings. The summed E-state index contributed by atoms with van der Waals surface area (Å²) in [7, 11) is 0. The van der Waals surface area contributed by atoms with Gasteiger partial charge in [-0.3, -0.25) is 0 Å². The van der Waals surface area contributed by atoms with E-state index in [0.717, 1.165) is 5.92 Å². The van der Waals surface area contributed by atoms with Crippen molar-refractivity contribution >= 4 is 11.6 Å². The van der Waals surface area contributed by atoms with Crippen molar-refractivity contribution in [3.05, 3.63) is 34.6 Å². The molecule has 1 aliphatic rings. The van der Waals surface area contributed by atoms with Gasteiger partial charge >= 0.3 is 0 Å². The number of halogens is 2. The van der Waals surface area contributed by atoms with Gasteiger partial charge in [0.25, 0.3) is 0 Å². The quantitative estimate of drug-likeness (QED) is 0.856. The minimum Gasteiger partial charge on any atom is -0.310 e. The summed E-state index contributed by atoms with van der Waals surface area (Å²) in [6.45, 7) is 2.83. The lowest BCUT2D eigenvalue weighted by Crippen LogP contribution is -2.32. The SMILES string of the molecule is CC1CCC(NCc2c(F)cccc2Cl)CC1. The van der Waals surface area contributed by atoms with Gasteiger partial charge in [0.1, 0.15) is 5.82 Å². The molecule has 94 valence electrons. The van der Waals surface area contributed by atoms with Crippen molar-refractivity contribution in [3.63, 3.8) is 0 Å². The van der Waals surface area contributed by atoms with Crippen LogP contribution in [0.4, 0.5) is 4.39 Å². The van der Waals surface area contributed by atoms with Gasteiger partial charge in [-0.05, 0) is 43.7 Å². The van der Waals surface area contributed by atoms with E-state index in [-0.39, 0.29) is 5.82 Å². The molecule has 0 spiro atoms. The van der Waals surface area contributed by atoms with Crippen LogP contribution in [-0.4, -0.2) is 6.04 Å². The highest BCUT2D eigenvalue weighted by atomic mass is 35.5. The summed E-state index contributed by atoms with van der Waals surface area (Å²) in [5.41, 5.74) is 0.591. The summed E-state index contributed by atoms with van der Waals surface area (Å²) < 4.78 is 13.5. The van der Waals surface area contributed by atoms with Crippen molar-refractivity contribution in [1.29, 1.82) is 0 Å². The Bertz CT molecular complexity index is 352. The van der Waals surface area contributed by atoms with Crippen LogP contribution >= 0.6 is 11.6 Å². The van der Waals surface area contributed by atoms with Gasteiger partial charge in [0.2, 0.25) is 0 Å². The van der Waals surface area contributed by atoms with E-state index in [0.29, 0.717) is 23.2 Å². The average molecular weight is 256 g/mol. The van der Waals surface area contributed by atoms with Crippen molar-refractivity contribution in [3.8, 4) is 0 Å². The molecule has 0 atom stereocenters. The molecule has 1 aromatic carbocycles. The predicted molar refractivity (Wildman–Crippen MR) is 69.7 cm³/mol. The molecule has 1 N–H and O–H groups in total. The molecule has 0 heterocycles. The zero-order chi connectivity index (χ0) is 12.3. The lowest BCUT2D eigenvalue weighted by molar-refractivity contribution is 0.305. The van der Waals surface area contributed by atoms with Crippen molar-refractivity contribution in [1.82, 2.24) is 5.32 Å². The maximum absolute atomic E-state index is 13.5. The van der Waals surface area contributed by atoms with Crippen LogP contribution in [0, 0.1) is 11.7 Å². The molecule has 0 unspecified atom stereocenters. The van der Waals surface area contributed by atoms with E-state index in [1.165, 1.54) is 31.7 Å². The Morgan fingerprint density at radius 3 is 2.65 bits per heavy atom. The molecule has 0 aliphatic heterocycles. The second-order valence-corrected chi connectivity index (χ2v) is 5.45. The first kappa shape index (κ1) is 12.8. The Kier molecular flexibility index (Phi) is 4.41. The third-order valence-corrected chi connectivity index (χ3v) is 4.00. The second kappa shape index (κ2) is 5.83. The standard InChI is InChI=1S/C14H19ClFN/c1-10-5-7-11(8-6-10)17-9-12-13(15)3-2-4-14(12)16/h2-4,10-11,17H,5-9H2,1H3. The van der Waals surface area contributed by atoms with Gasteiger partial charge in [-0.2, -0.15) is 0 Å². The molecule has 1 nitrogen and oxygen atoms in total. The Hall–Kier alpha value is -0.600. The molecule has 17 heavy (non-hydrogen) atoms. The first-order chi connectivity index (χ1) is 8.16. The Morgan fingerprint density at radius 1 is 1.29 bits per heavy atom. The van der Waals surface area contributed by atoms with Crippen LogP contribution in [-0.2, 0) is 6.54 Å². The maximum Gasteiger partial charge on any atom is 0.129 e. The van der Waals surface area contributed by atoms with E-state index in [2.05, 4.69) is 12.2 Å². The number of hydrogen-bond donors (Lipinski definition) is 1. The third-order valence-electron chi connectivity index (χ3n) is 3.65. The highest BCUT2D eigenvalue weighted by Crippen LogP contribution is 2.24. The van der Waals surface area contributed by atoms with E-state index in [9.17, 15) is 4.39 Å². The van der Waals surface area contributed by atoms with Gasteiger partial charge < -0.3 is 5.32 Å². The highest BCUT2D eigenvalue weighted by molar-refractivity contribution is 6.31. The largest absolute Gasteiger partial charge is 0.310 e. The average Bonchev–Trinajstić information content (AvgIpc) is 2.31. The fraction of sp³-hybridized carbons (Fsp3) is 0.571. The van der Waals surface area contributed by atoms with E-state index in [1.807, 2.05) is 0 Å². The Morgan fingerprint density at radius 2 is 2.00 bits per heavy atom. The van der Waals surface area contributed by atoms with Gasteiger partial charge in [0.15, 0.2) is 0 Å². The van der Waals surface area contributed by atoms with E-state index < -0.39 is 0 Å². The number of nitrogens with one attached hydrogen (secondary N) is 1. The van der Waals surface area contributed by atoms with Crippen LogP contribution in [0.3, 0.4) is 0 Å². The van der Waals surface area contributed by atoms with Gasteiger partial charge in [-0.15, -0.1) is 0 Å². The van der Waals surface area contributed by atoms with Gasteiger partial charge in [-0.25, -0.2) is 4.39 Å². The highest BCUT2D eigenvalue weighted by Gasteiger charge is 2.18. The van der Waals surface area contributed by atoms with Crippen LogP contribution in [0.15, 0.2) is 18.2 Å². The summed E-state index contributed by atoms with van der Waals surface area (Å²) in [4.78, 5) is 0. The Labute approximate surface area is 107 Å². The molecular formula is C14H19ClFN. The summed E-state index contributed by atoms with van der Waals surface area (Å²) in [6.07, 6.45) is 4.91. The van der Waals surface area contributed by atoms with Gasteiger partial charge in [-0.1, -0.05) is 24.6 Å². The molecule has 1 aromatic rings. The minimum atomic E-state index is -0.214. The molecule has 2 rings (SSSR count). The predicted octanol–water partition coefficient (Wildman–Crippen LogP) is 4.15. The fourth-order valence-electron chi connectivity index (χ4n) is 2.41. The van der Waals surface area contributed by atoms with Crippen LogP contribution in [0.2, 0.25) is 5.02 Å². The summed E-state index contributed by atoms with van der Waals surface area (Å²) in [5, 5.41) is 3.93. The van der Waals surface area contributed by atoms with Crippen molar-refractivity contribution in [2.75, 3.05) is 0 Å². The molecular weight excluding hydrogens is 237 g/mol. The van der Waals surface area contributed by atoms with E-state index in [4.69, 9.17) is 11.6 Å². The van der Waals surface area contributed by atoms with Crippen LogP contribution < -0.4 is 5.32 Å². The molecule has 1 saturated carbocycles. The van der Waals surface area contributed by atoms with Crippen LogP contribution in [0.5, 0.6) is 0 Å². The number of benzene rings is 1. The van der Waals surface area contributed by atoms with Crippen LogP contribution in [0.1, 0.15) is 38.2 Å². The van der Waals surface area contributed by atoms with E-state index in [1.54, 1.807) is 12.1 Å². The number of hydrogen-bond acceptors (Lipinski definition) is 1. The first-order valence-electron chi connectivity index (χ1n) is 6.33. The molecule has 3 heteroatoms. The topological polar surface area (TPSA) is 12.0 Å². The first-order valence-corrected chi connectivity index (χ1v) is 6.71. The van der Waals surface area contributed by atoms with Gasteiger partial charge in [0, 0.05) is 23.2 Å². The third kappa shape index (κ3) is 3.43. The van der Waals surface area contributed by atoms with Gasteiger partial charge in [0.05, 0.1) is 0 Å². The fourth-order valence-corrected chi connectivity index (χ4v) is 2.64. The van der Waals surface area contributed by atoms with Crippen LogP contribution in [0.25, 0.3) is 0 Å². The minimum absolute atomic E-state index is 0.214. The zero-order valence-electron chi connectivity index (χ0n) is 10.2. The molecule has 0 amide bonds. The summed E-state index contributed by atoms with van der Waals surface area (Å²) >= 11 is 5.99. The second-order valence-electron chi connectivity index (χ2n) is 5.04. The normalized spacial score (nSPS) is 24.9. The molecule has 0 bridgehead atoms. The lowest BCUT2D eigenvalue weighted by Gasteiger charge is -2.27. The Balaban J connectivity index is 1.89. The lowest BCUT2D eigenvalue weighted by atomic mass is 9.87. The number of rotatable bonds is 3. The summed E-state index contributed by atoms with van der Waals surface area (Å²) in [6, 6.07) is 5.36. The maximum atomic E-state index is 13.5. The van der Waals surface area contributed by atoms with E-state index >= 15 is 0 Å². The monoisotopic (exact) mass is 255 g/mol. The molecule has 1 aliphatic carbocycles. The smallest absolute Gasteiger partial charge is 0.129 e. The van der Waals surface area contributed by atoms with Crippen molar-refractivity contribution in [2.45, 2.75) is 45.2 Å².